The van der Waals surface area contributed by atoms with Crippen molar-refractivity contribution in [1.29, 1.82) is 0 Å². The Balaban J connectivity index is 2.56. The molecule has 0 aliphatic carbocycles. The molecular formula is C12H23N3O2. The summed E-state index contributed by atoms with van der Waals surface area (Å²) in [7, 11) is 0. The Labute approximate surface area is 103 Å². The van der Waals surface area contributed by atoms with Crippen LogP contribution in [0.1, 0.15) is 33.6 Å². The van der Waals surface area contributed by atoms with Crippen molar-refractivity contribution < 1.29 is 9.59 Å². The van der Waals surface area contributed by atoms with E-state index in [1.54, 1.807) is 0 Å². The van der Waals surface area contributed by atoms with Gasteiger partial charge >= 0.3 is 0 Å². The third-order valence-corrected chi connectivity index (χ3v) is 3.25. The summed E-state index contributed by atoms with van der Waals surface area (Å²) in [6, 6.07) is -0.330. The Hall–Kier alpha value is -1.10. The van der Waals surface area contributed by atoms with Gasteiger partial charge in [-0.05, 0) is 18.8 Å². The van der Waals surface area contributed by atoms with Gasteiger partial charge in [-0.2, -0.15) is 0 Å². The number of amides is 2. The minimum atomic E-state index is -0.437. The van der Waals surface area contributed by atoms with Gasteiger partial charge in [0.25, 0.3) is 0 Å². The van der Waals surface area contributed by atoms with Gasteiger partial charge in [-0.25, -0.2) is 0 Å². The first-order valence-corrected chi connectivity index (χ1v) is 6.24. The third-order valence-electron chi connectivity index (χ3n) is 3.25. The molecule has 0 saturated carbocycles. The topological polar surface area (TPSA) is 75.4 Å². The average molecular weight is 241 g/mol. The Morgan fingerprint density at radius 1 is 1.47 bits per heavy atom. The molecule has 5 heteroatoms. The first kappa shape index (κ1) is 14.0. The number of nitrogens with two attached hydrogens (primary N) is 1. The molecule has 0 aromatic rings. The second-order valence-corrected chi connectivity index (χ2v) is 5.03. The predicted octanol–water partition coefficient (Wildman–Crippen LogP) is 0.0968. The molecular weight excluding hydrogens is 218 g/mol. The lowest BCUT2D eigenvalue weighted by molar-refractivity contribution is -0.134. The van der Waals surface area contributed by atoms with Crippen LogP contribution in [-0.2, 0) is 9.59 Å². The highest BCUT2D eigenvalue weighted by Gasteiger charge is 2.32. The van der Waals surface area contributed by atoms with Crippen molar-refractivity contribution in [3.8, 4) is 0 Å². The van der Waals surface area contributed by atoms with Crippen LogP contribution < -0.4 is 11.1 Å². The predicted molar refractivity (Wildman–Crippen MR) is 66.2 cm³/mol. The lowest BCUT2D eigenvalue weighted by Crippen LogP contribution is -2.50. The van der Waals surface area contributed by atoms with E-state index in [0.29, 0.717) is 6.54 Å². The summed E-state index contributed by atoms with van der Waals surface area (Å²) >= 11 is 0. The minimum Gasteiger partial charge on any atom is -0.354 e. The molecule has 1 fully saturated rings. The molecule has 17 heavy (non-hydrogen) atoms. The highest BCUT2D eigenvalue weighted by molar-refractivity contribution is 5.82. The van der Waals surface area contributed by atoms with Gasteiger partial charge in [-0.3, -0.25) is 9.59 Å². The number of nitrogens with zero attached hydrogens (tertiary/aromatic N) is 1. The van der Waals surface area contributed by atoms with E-state index in [9.17, 15) is 9.59 Å². The molecule has 2 atom stereocenters. The van der Waals surface area contributed by atoms with Crippen molar-refractivity contribution in [3.05, 3.63) is 0 Å². The fraction of sp³-hybridized carbons (Fsp3) is 0.833. The van der Waals surface area contributed by atoms with Crippen molar-refractivity contribution in [2.24, 2.45) is 11.7 Å². The maximum absolute atomic E-state index is 12.1. The standard InChI is InChI=1S/C12H23N3O2/c1-8(2)11(13)12(17)15-6-4-5-10(15)7-14-9(3)16/h8,10-11H,4-7,13H2,1-3H3,(H,14,16)/t10-,11-/m0/s1. The van der Waals surface area contributed by atoms with Crippen molar-refractivity contribution in [2.75, 3.05) is 13.1 Å². The minimum absolute atomic E-state index is 0.00727. The van der Waals surface area contributed by atoms with Gasteiger partial charge in [0, 0.05) is 26.1 Å². The Bertz CT molecular complexity index is 291. The Morgan fingerprint density at radius 3 is 2.65 bits per heavy atom. The van der Waals surface area contributed by atoms with Gasteiger partial charge in [0.1, 0.15) is 0 Å². The molecule has 0 aromatic carbocycles. The highest BCUT2D eigenvalue weighted by Crippen LogP contribution is 2.18. The van der Waals surface area contributed by atoms with Crippen LogP contribution in [0.15, 0.2) is 0 Å². The van der Waals surface area contributed by atoms with E-state index in [-0.39, 0.29) is 23.8 Å². The van der Waals surface area contributed by atoms with Crippen molar-refractivity contribution >= 4 is 11.8 Å². The molecule has 2 amide bonds. The molecule has 0 radical (unpaired) electrons. The molecule has 1 rings (SSSR count). The van der Waals surface area contributed by atoms with Crippen molar-refractivity contribution in [1.82, 2.24) is 10.2 Å². The molecule has 0 unspecified atom stereocenters. The molecule has 1 heterocycles. The summed E-state index contributed by atoms with van der Waals surface area (Å²) in [5, 5.41) is 2.77. The lowest BCUT2D eigenvalue weighted by atomic mass is 10.0. The number of carbonyl (C=O) groups excluding carboxylic acids is 2. The zero-order chi connectivity index (χ0) is 13.0. The summed E-state index contributed by atoms with van der Waals surface area (Å²) < 4.78 is 0. The fourth-order valence-corrected chi connectivity index (χ4v) is 2.08. The molecule has 1 aliphatic rings. The number of hydrogen-bond acceptors (Lipinski definition) is 3. The first-order valence-electron chi connectivity index (χ1n) is 6.24. The Morgan fingerprint density at radius 2 is 2.12 bits per heavy atom. The van der Waals surface area contributed by atoms with Crippen molar-refractivity contribution in [3.63, 3.8) is 0 Å². The summed E-state index contributed by atoms with van der Waals surface area (Å²) in [6.07, 6.45) is 1.93. The van der Waals surface area contributed by atoms with E-state index in [0.717, 1.165) is 19.4 Å². The van der Waals surface area contributed by atoms with Crippen LogP contribution in [0, 0.1) is 5.92 Å². The molecule has 1 aliphatic heterocycles. The second-order valence-electron chi connectivity index (χ2n) is 5.03. The van der Waals surface area contributed by atoms with Gasteiger partial charge < -0.3 is 16.0 Å². The van der Waals surface area contributed by atoms with Gasteiger partial charge in [-0.1, -0.05) is 13.8 Å². The molecule has 98 valence electrons. The number of carbonyl (C=O) groups is 2. The number of nitrogens with one attached hydrogen (secondary N) is 1. The third kappa shape index (κ3) is 3.70. The molecule has 3 N–H and O–H groups in total. The van der Waals surface area contributed by atoms with E-state index in [2.05, 4.69) is 5.32 Å². The molecule has 0 aromatic heterocycles. The zero-order valence-corrected chi connectivity index (χ0v) is 10.9. The van der Waals surface area contributed by atoms with Gasteiger partial charge in [0.15, 0.2) is 0 Å². The van der Waals surface area contributed by atoms with Gasteiger partial charge in [0.05, 0.1) is 6.04 Å². The van der Waals surface area contributed by atoms with Crippen LogP contribution in [-0.4, -0.2) is 41.9 Å². The maximum atomic E-state index is 12.1. The summed E-state index contributed by atoms with van der Waals surface area (Å²) in [5.41, 5.74) is 5.88. The van der Waals surface area contributed by atoms with Crippen molar-refractivity contribution in [2.45, 2.75) is 45.7 Å². The van der Waals surface area contributed by atoms with E-state index < -0.39 is 6.04 Å². The van der Waals surface area contributed by atoms with Gasteiger partial charge in [-0.15, -0.1) is 0 Å². The van der Waals surface area contributed by atoms with E-state index >= 15 is 0 Å². The highest BCUT2D eigenvalue weighted by atomic mass is 16.2. The van der Waals surface area contributed by atoms with Crippen LogP contribution in [0.2, 0.25) is 0 Å². The molecule has 0 spiro atoms. The number of hydrogen-bond donors (Lipinski definition) is 2. The Kier molecular flexibility index (Phi) is 4.93. The zero-order valence-electron chi connectivity index (χ0n) is 10.9. The number of rotatable bonds is 4. The molecule has 0 bridgehead atoms. The monoisotopic (exact) mass is 241 g/mol. The van der Waals surface area contributed by atoms with E-state index in [4.69, 9.17) is 5.73 Å². The fourth-order valence-electron chi connectivity index (χ4n) is 2.08. The van der Waals surface area contributed by atoms with Crippen LogP contribution in [0.5, 0.6) is 0 Å². The van der Waals surface area contributed by atoms with E-state index in [1.165, 1.54) is 6.92 Å². The SMILES string of the molecule is CC(=O)NC[C@@H]1CCCN1C(=O)[C@@H](N)C(C)C. The molecule has 5 nitrogen and oxygen atoms in total. The maximum Gasteiger partial charge on any atom is 0.240 e. The second kappa shape index (κ2) is 6.00. The van der Waals surface area contributed by atoms with Gasteiger partial charge in [0.2, 0.25) is 11.8 Å². The largest absolute Gasteiger partial charge is 0.354 e. The summed E-state index contributed by atoms with van der Waals surface area (Å²) in [6.45, 7) is 6.67. The smallest absolute Gasteiger partial charge is 0.240 e. The number of likely N-dealkylation sites (tertiary alicyclic amines) is 1. The van der Waals surface area contributed by atoms with Crippen LogP contribution in [0.4, 0.5) is 0 Å². The summed E-state index contributed by atoms with van der Waals surface area (Å²) in [5.74, 6) is 0.0924. The van der Waals surface area contributed by atoms with Crippen LogP contribution in [0.25, 0.3) is 0 Å². The molecule has 1 saturated heterocycles. The average Bonchev–Trinajstić information content (AvgIpc) is 2.72. The normalized spacial score (nSPS) is 21.7. The van der Waals surface area contributed by atoms with Crippen LogP contribution in [0.3, 0.4) is 0 Å². The summed E-state index contributed by atoms with van der Waals surface area (Å²) in [4.78, 5) is 24.8. The van der Waals surface area contributed by atoms with E-state index in [1.807, 2.05) is 18.7 Å². The lowest BCUT2D eigenvalue weighted by Gasteiger charge is -2.28. The quantitative estimate of drug-likeness (QED) is 0.733. The van der Waals surface area contributed by atoms with Crippen LogP contribution >= 0.6 is 0 Å². The first-order chi connectivity index (χ1) is 7.93.